The number of rotatable bonds is 4. The van der Waals surface area contributed by atoms with Crippen molar-refractivity contribution in [3.05, 3.63) is 21.8 Å². The van der Waals surface area contributed by atoms with Crippen LogP contribution in [0.15, 0.2) is 16.7 Å². The zero-order chi connectivity index (χ0) is 13.0. The van der Waals surface area contributed by atoms with Crippen LogP contribution in [0, 0.1) is 5.41 Å². The van der Waals surface area contributed by atoms with Gasteiger partial charge in [-0.25, -0.2) is 4.98 Å². The second kappa shape index (κ2) is 6.22. The molecule has 1 aliphatic carbocycles. The fourth-order valence-electron chi connectivity index (χ4n) is 2.57. The van der Waals surface area contributed by atoms with E-state index in [-0.39, 0.29) is 5.41 Å². The first-order valence-electron chi connectivity index (χ1n) is 6.40. The van der Waals surface area contributed by atoms with E-state index >= 15 is 0 Å². The van der Waals surface area contributed by atoms with Gasteiger partial charge in [0.1, 0.15) is 5.82 Å². The summed E-state index contributed by atoms with van der Waals surface area (Å²) in [4.78, 5) is 4.30. The molecule has 0 aliphatic heterocycles. The summed E-state index contributed by atoms with van der Waals surface area (Å²) in [5.74, 6) is 0.748. The molecule has 2 rings (SSSR count). The third-order valence-electron chi connectivity index (χ3n) is 3.79. The van der Waals surface area contributed by atoms with E-state index in [1.54, 1.807) is 6.20 Å². The molecule has 1 fully saturated rings. The van der Waals surface area contributed by atoms with Crippen molar-refractivity contribution in [1.29, 1.82) is 0 Å². The van der Waals surface area contributed by atoms with Crippen LogP contribution in [-0.4, -0.2) is 18.1 Å². The summed E-state index contributed by atoms with van der Waals surface area (Å²) < 4.78 is 0.893. The largest absolute Gasteiger partial charge is 0.368 e. The Kier molecular flexibility index (Phi) is 4.87. The first-order valence-corrected chi connectivity index (χ1v) is 7.57. The maximum atomic E-state index is 6.15. The number of pyridine rings is 1. The summed E-state index contributed by atoms with van der Waals surface area (Å²) in [6.07, 6.45) is 8.04. The summed E-state index contributed by atoms with van der Waals surface area (Å²) in [5, 5.41) is 4.00. The molecule has 0 amide bonds. The van der Waals surface area contributed by atoms with Gasteiger partial charge in [-0.2, -0.15) is 0 Å². The molecule has 5 heteroatoms. The van der Waals surface area contributed by atoms with E-state index in [0.29, 0.717) is 5.02 Å². The Morgan fingerprint density at radius 3 is 2.72 bits per heavy atom. The molecule has 1 saturated carbocycles. The predicted molar refractivity (Wildman–Crippen MR) is 80.0 cm³/mol. The summed E-state index contributed by atoms with van der Waals surface area (Å²) in [7, 11) is 0. The molecular weight excluding hydrogens is 314 g/mol. The lowest BCUT2D eigenvalue weighted by atomic mass is 9.74. The Hall–Kier alpha value is -0.320. The van der Waals surface area contributed by atoms with Crippen molar-refractivity contribution in [1.82, 2.24) is 4.98 Å². The molecule has 1 aromatic rings. The molecule has 3 N–H and O–H groups in total. The lowest BCUT2D eigenvalue weighted by Gasteiger charge is -2.36. The highest BCUT2D eigenvalue weighted by Gasteiger charge is 2.30. The van der Waals surface area contributed by atoms with Crippen molar-refractivity contribution in [3.63, 3.8) is 0 Å². The van der Waals surface area contributed by atoms with Crippen LogP contribution in [0.3, 0.4) is 0 Å². The Bertz CT molecular complexity index is 405. The van der Waals surface area contributed by atoms with Gasteiger partial charge in [-0.1, -0.05) is 30.9 Å². The minimum Gasteiger partial charge on any atom is -0.368 e. The summed E-state index contributed by atoms with van der Waals surface area (Å²) in [6.45, 7) is 1.59. The lowest BCUT2D eigenvalue weighted by Crippen LogP contribution is -2.39. The van der Waals surface area contributed by atoms with E-state index in [9.17, 15) is 0 Å². The number of hydrogen-bond acceptors (Lipinski definition) is 3. The average Bonchev–Trinajstić information content (AvgIpc) is 2.39. The van der Waals surface area contributed by atoms with E-state index in [4.69, 9.17) is 17.3 Å². The Morgan fingerprint density at radius 2 is 2.11 bits per heavy atom. The quantitative estimate of drug-likeness (QED) is 0.881. The van der Waals surface area contributed by atoms with Gasteiger partial charge in [-0.15, -0.1) is 0 Å². The van der Waals surface area contributed by atoms with Crippen molar-refractivity contribution >= 4 is 33.3 Å². The van der Waals surface area contributed by atoms with E-state index in [1.165, 1.54) is 32.1 Å². The Labute approximate surface area is 122 Å². The van der Waals surface area contributed by atoms with Crippen LogP contribution >= 0.6 is 27.5 Å². The molecule has 0 radical (unpaired) electrons. The van der Waals surface area contributed by atoms with Crippen LogP contribution in [0.1, 0.15) is 32.1 Å². The minimum absolute atomic E-state index is 0.219. The SMILES string of the molecule is NCC1(CNc2ncc(Br)cc2Cl)CCCCC1. The normalized spacial score (nSPS) is 18.6. The van der Waals surface area contributed by atoms with Gasteiger partial charge in [-0.3, -0.25) is 0 Å². The number of anilines is 1. The van der Waals surface area contributed by atoms with Gasteiger partial charge in [0.15, 0.2) is 0 Å². The molecule has 100 valence electrons. The second-order valence-electron chi connectivity index (χ2n) is 5.10. The van der Waals surface area contributed by atoms with Gasteiger partial charge in [0.2, 0.25) is 0 Å². The second-order valence-corrected chi connectivity index (χ2v) is 6.43. The minimum atomic E-state index is 0.219. The highest BCUT2D eigenvalue weighted by Crippen LogP contribution is 2.36. The molecule has 0 bridgehead atoms. The summed E-state index contributed by atoms with van der Waals surface area (Å²) >= 11 is 9.50. The Balaban J connectivity index is 2.01. The monoisotopic (exact) mass is 331 g/mol. The van der Waals surface area contributed by atoms with Crippen molar-refractivity contribution in [2.24, 2.45) is 11.1 Å². The maximum absolute atomic E-state index is 6.15. The first kappa shape index (κ1) is 14.1. The molecule has 0 atom stereocenters. The molecule has 3 nitrogen and oxygen atoms in total. The number of nitrogens with zero attached hydrogens (tertiary/aromatic N) is 1. The van der Waals surface area contributed by atoms with Crippen LogP contribution in [-0.2, 0) is 0 Å². The summed E-state index contributed by atoms with van der Waals surface area (Å²) in [5.41, 5.74) is 6.18. The van der Waals surface area contributed by atoms with Gasteiger partial charge in [0.05, 0.1) is 5.02 Å². The van der Waals surface area contributed by atoms with Crippen LogP contribution in [0.25, 0.3) is 0 Å². The zero-order valence-electron chi connectivity index (χ0n) is 10.4. The van der Waals surface area contributed by atoms with Crippen LogP contribution in [0.4, 0.5) is 5.82 Å². The van der Waals surface area contributed by atoms with Gasteiger partial charge >= 0.3 is 0 Å². The number of halogens is 2. The van der Waals surface area contributed by atoms with Crippen LogP contribution < -0.4 is 11.1 Å². The highest BCUT2D eigenvalue weighted by molar-refractivity contribution is 9.10. The van der Waals surface area contributed by atoms with E-state index in [0.717, 1.165) is 23.4 Å². The fraction of sp³-hybridized carbons (Fsp3) is 0.615. The number of nitrogens with two attached hydrogens (primary N) is 1. The molecule has 0 saturated heterocycles. The van der Waals surface area contributed by atoms with Crippen molar-refractivity contribution < 1.29 is 0 Å². The lowest BCUT2D eigenvalue weighted by molar-refractivity contribution is 0.215. The smallest absolute Gasteiger partial charge is 0.144 e. The number of hydrogen-bond donors (Lipinski definition) is 2. The maximum Gasteiger partial charge on any atom is 0.144 e. The zero-order valence-corrected chi connectivity index (χ0v) is 12.7. The molecule has 18 heavy (non-hydrogen) atoms. The summed E-state index contributed by atoms with van der Waals surface area (Å²) in [6, 6.07) is 1.85. The number of aromatic nitrogens is 1. The third kappa shape index (κ3) is 3.37. The molecular formula is C13H19BrClN3. The van der Waals surface area contributed by atoms with E-state index < -0.39 is 0 Å². The predicted octanol–water partition coefficient (Wildman–Crippen LogP) is 3.82. The first-order chi connectivity index (χ1) is 8.65. The molecule has 0 unspecified atom stereocenters. The topological polar surface area (TPSA) is 50.9 Å². The number of nitrogens with one attached hydrogen (secondary N) is 1. The van der Waals surface area contributed by atoms with E-state index in [2.05, 4.69) is 26.2 Å². The highest BCUT2D eigenvalue weighted by atomic mass is 79.9. The van der Waals surface area contributed by atoms with Crippen LogP contribution in [0.2, 0.25) is 5.02 Å². The molecule has 0 aromatic carbocycles. The van der Waals surface area contributed by atoms with Gasteiger partial charge in [0.25, 0.3) is 0 Å². The van der Waals surface area contributed by atoms with Crippen molar-refractivity contribution in [3.8, 4) is 0 Å². The molecule has 0 spiro atoms. The van der Waals surface area contributed by atoms with Gasteiger partial charge in [0, 0.05) is 17.2 Å². The Morgan fingerprint density at radius 1 is 1.39 bits per heavy atom. The van der Waals surface area contributed by atoms with Gasteiger partial charge in [-0.05, 0) is 46.8 Å². The fourth-order valence-corrected chi connectivity index (χ4v) is 3.27. The molecule has 1 aliphatic rings. The average molecular weight is 333 g/mol. The van der Waals surface area contributed by atoms with Crippen molar-refractivity contribution in [2.45, 2.75) is 32.1 Å². The van der Waals surface area contributed by atoms with E-state index in [1.807, 2.05) is 6.07 Å². The van der Waals surface area contributed by atoms with Crippen molar-refractivity contribution in [2.75, 3.05) is 18.4 Å². The molecule has 1 aromatic heterocycles. The van der Waals surface area contributed by atoms with Crippen LogP contribution in [0.5, 0.6) is 0 Å². The standard InChI is InChI=1S/C13H19BrClN3/c14-10-6-11(15)12(17-7-10)18-9-13(8-16)4-2-1-3-5-13/h6-7H,1-5,8-9,16H2,(H,17,18). The molecule has 1 heterocycles. The van der Waals surface area contributed by atoms with Gasteiger partial charge < -0.3 is 11.1 Å². The third-order valence-corrected chi connectivity index (χ3v) is 4.51.